The highest BCUT2D eigenvalue weighted by Crippen LogP contribution is 2.36. The molecule has 2 aromatic carbocycles. The molecule has 11 heteroatoms. The van der Waals surface area contributed by atoms with Crippen molar-refractivity contribution >= 4 is 32.2 Å². The van der Waals surface area contributed by atoms with Crippen LogP contribution in [0.4, 0.5) is 14.5 Å². The molecule has 0 radical (unpaired) electrons. The molecule has 0 bridgehead atoms. The summed E-state index contributed by atoms with van der Waals surface area (Å²) < 4.78 is 61.1. The fourth-order valence-electron chi connectivity index (χ4n) is 4.31. The summed E-state index contributed by atoms with van der Waals surface area (Å²) in [5.74, 6) is 2.64. The highest BCUT2D eigenvalue weighted by Gasteiger charge is 2.21. The van der Waals surface area contributed by atoms with Gasteiger partial charge in [-0.05, 0) is 48.7 Å². The van der Waals surface area contributed by atoms with Gasteiger partial charge in [-0.3, -0.25) is 0 Å². The van der Waals surface area contributed by atoms with Crippen LogP contribution < -0.4 is 14.2 Å². The van der Waals surface area contributed by atoms with Crippen molar-refractivity contribution in [2.75, 3.05) is 25.0 Å². The van der Waals surface area contributed by atoms with Gasteiger partial charge in [0, 0.05) is 41.7 Å². The van der Waals surface area contributed by atoms with E-state index >= 15 is 0 Å². The molecule has 38 heavy (non-hydrogen) atoms. The van der Waals surface area contributed by atoms with Gasteiger partial charge in [0.05, 0.1) is 34.9 Å². The monoisotopic (exact) mass is 540 g/mol. The number of benzene rings is 2. The van der Waals surface area contributed by atoms with E-state index in [0.717, 1.165) is 41.6 Å². The van der Waals surface area contributed by atoms with E-state index in [1.807, 2.05) is 19.1 Å². The molecule has 1 saturated heterocycles. The van der Waals surface area contributed by atoms with Gasteiger partial charge < -0.3 is 18.9 Å². The number of fused-ring (bicyclic) bond motifs is 1. The Morgan fingerprint density at radius 2 is 1.87 bits per heavy atom. The summed E-state index contributed by atoms with van der Waals surface area (Å²) in [6.45, 7) is 3.15. The lowest BCUT2D eigenvalue weighted by Gasteiger charge is -2.24. The molecule has 2 aromatic heterocycles. The third-order valence-corrected chi connectivity index (χ3v) is 7.86. The summed E-state index contributed by atoms with van der Waals surface area (Å²) in [6.07, 6.45) is 4.64. The maximum absolute atomic E-state index is 14.4. The van der Waals surface area contributed by atoms with Gasteiger partial charge in [-0.25, -0.2) is 27.9 Å². The van der Waals surface area contributed by atoms with Crippen molar-refractivity contribution in [3.63, 3.8) is 0 Å². The van der Waals surface area contributed by atoms with Crippen LogP contribution in [-0.4, -0.2) is 51.5 Å². The SMILES string of the molecule is C=S(=O)(Nc1cc(-c2cc(OC3CCOCC3)c3ncnc(C)c3c2)cnc1OC)c1ccc(F)cc1F. The highest BCUT2D eigenvalue weighted by molar-refractivity contribution is 8.01. The molecule has 5 rings (SSSR count). The molecule has 4 aromatic rings. The Morgan fingerprint density at radius 1 is 1.08 bits per heavy atom. The number of rotatable bonds is 7. The Morgan fingerprint density at radius 3 is 2.61 bits per heavy atom. The number of aromatic nitrogens is 3. The molecule has 1 fully saturated rings. The lowest BCUT2D eigenvalue weighted by atomic mass is 10.0. The third kappa shape index (κ3) is 5.25. The van der Waals surface area contributed by atoms with E-state index < -0.39 is 21.3 Å². The first kappa shape index (κ1) is 25.8. The van der Waals surface area contributed by atoms with Gasteiger partial charge in [-0.15, -0.1) is 0 Å². The largest absolute Gasteiger partial charge is 0.488 e. The first-order valence-electron chi connectivity index (χ1n) is 11.9. The molecule has 0 aliphatic carbocycles. The van der Waals surface area contributed by atoms with Crippen LogP contribution >= 0.6 is 0 Å². The van der Waals surface area contributed by atoms with E-state index in [0.29, 0.717) is 36.1 Å². The Bertz CT molecular complexity index is 1610. The van der Waals surface area contributed by atoms with E-state index in [9.17, 15) is 13.0 Å². The molecular weight excluding hydrogens is 514 g/mol. The number of aryl methyl sites for hydroxylation is 1. The minimum atomic E-state index is -3.43. The van der Waals surface area contributed by atoms with E-state index in [-0.39, 0.29) is 22.6 Å². The Balaban J connectivity index is 1.57. The standard InChI is InChI=1S/C27H26F2N4O4S/c1-16-21-10-17(12-24(26(21)32-15-31-16)37-20-6-8-36-9-7-20)18-11-23(27(35-2)30-14-18)33-38(3,34)25-5-4-19(28)13-22(25)29/h4-5,10-15,20H,3,6-9H2,1-2H3,(H,33,34). The normalized spacial score (nSPS) is 15.7. The Hall–Kier alpha value is -3.83. The van der Waals surface area contributed by atoms with Gasteiger partial charge in [0.25, 0.3) is 0 Å². The topological polar surface area (TPSA) is 95.5 Å². The Labute approximate surface area is 219 Å². The number of anilines is 1. The number of hydrogen-bond donors (Lipinski definition) is 1. The lowest BCUT2D eigenvalue weighted by Crippen LogP contribution is -2.26. The maximum Gasteiger partial charge on any atom is 0.238 e. The number of pyridine rings is 1. The van der Waals surface area contributed by atoms with Crippen LogP contribution in [0.25, 0.3) is 22.0 Å². The minimum Gasteiger partial charge on any atom is -0.488 e. The molecule has 1 atom stereocenters. The maximum atomic E-state index is 14.4. The molecule has 1 unspecified atom stereocenters. The van der Waals surface area contributed by atoms with Crippen molar-refractivity contribution in [1.82, 2.24) is 15.0 Å². The first-order valence-corrected chi connectivity index (χ1v) is 13.6. The fraction of sp³-hybridized carbons (Fsp3) is 0.259. The second-order valence-corrected chi connectivity index (χ2v) is 10.9. The van der Waals surface area contributed by atoms with Gasteiger partial charge in [-0.2, -0.15) is 0 Å². The fourth-order valence-corrected chi connectivity index (χ4v) is 5.58. The Kier molecular flexibility index (Phi) is 7.13. The van der Waals surface area contributed by atoms with Gasteiger partial charge in [0.15, 0.2) is 0 Å². The molecule has 0 saturated carbocycles. The van der Waals surface area contributed by atoms with Crippen LogP contribution in [0.1, 0.15) is 18.5 Å². The number of nitrogens with one attached hydrogen (secondary N) is 1. The summed E-state index contributed by atoms with van der Waals surface area (Å²) >= 11 is 0. The molecule has 0 spiro atoms. The molecule has 8 nitrogen and oxygen atoms in total. The lowest BCUT2D eigenvalue weighted by molar-refractivity contribution is 0.0261. The quantitative estimate of drug-likeness (QED) is 0.332. The predicted octanol–water partition coefficient (Wildman–Crippen LogP) is 4.95. The number of hydrogen-bond acceptors (Lipinski definition) is 7. The minimum absolute atomic E-state index is 0.00913. The van der Waals surface area contributed by atoms with E-state index in [4.69, 9.17) is 14.2 Å². The van der Waals surface area contributed by atoms with Gasteiger partial charge in [0.1, 0.15) is 41.0 Å². The van der Waals surface area contributed by atoms with E-state index in [2.05, 4.69) is 25.5 Å². The summed E-state index contributed by atoms with van der Waals surface area (Å²) in [5.41, 5.74) is 3.09. The molecule has 198 valence electrons. The third-order valence-electron chi connectivity index (χ3n) is 6.27. The van der Waals surface area contributed by atoms with Gasteiger partial charge in [-0.1, -0.05) is 0 Å². The molecular formula is C27H26F2N4O4S. The zero-order valence-corrected chi connectivity index (χ0v) is 21.7. The molecule has 3 heterocycles. The zero-order valence-electron chi connectivity index (χ0n) is 20.9. The van der Waals surface area contributed by atoms with Crippen LogP contribution in [0.5, 0.6) is 11.6 Å². The van der Waals surface area contributed by atoms with Gasteiger partial charge in [0.2, 0.25) is 5.88 Å². The summed E-state index contributed by atoms with van der Waals surface area (Å²) in [5, 5.41) is 0.812. The van der Waals surface area contributed by atoms with Gasteiger partial charge >= 0.3 is 0 Å². The van der Waals surface area contributed by atoms with Crippen LogP contribution in [0.3, 0.4) is 0 Å². The van der Waals surface area contributed by atoms with Crippen molar-refractivity contribution in [3.8, 4) is 22.8 Å². The van der Waals surface area contributed by atoms with Crippen LogP contribution in [0.15, 0.2) is 53.8 Å². The van der Waals surface area contributed by atoms with E-state index in [1.54, 1.807) is 12.3 Å². The van der Waals surface area contributed by atoms with Crippen molar-refractivity contribution in [2.24, 2.45) is 0 Å². The highest BCUT2D eigenvalue weighted by atomic mass is 32.2. The number of ether oxygens (including phenoxy) is 3. The first-order chi connectivity index (χ1) is 18.2. The summed E-state index contributed by atoms with van der Waals surface area (Å²) in [4.78, 5) is 12.9. The van der Waals surface area contributed by atoms with Crippen LogP contribution in [-0.2, 0) is 14.4 Å². The predicted molar refractivity (Wildman–Crippen MR) is 142 cm³/mol. The average molecular weight is 541 g/mol. The average Bonchev–Trinajstić information content (AvgIpc) is 2.89. The summed E-state index contributed by atoms with van der Waals surface area (Å²) in [6, 6.07) is 8.26. The smallest absolute Gasteiger partial charge is 0.238 e. The molecule has 1 aliphatic rings. The van der Waals surface area contributed by atoms with Crippen molar-refractivity contribution < 1.29 is 27.2 Å². The number of methoxy groups -OCH3 is 1. The number of halogens is 2. The zero-order chi connectivity index (χ0) is 26.9. The molecule has 0 amide bonds. The van der Waals surface area contributed by atoms with Crippen molar-refractivity contribution in [3.05, 3.63) is 66.3 Å². The van der Waals surface area contributed by atoms with Crippen LogP contribution in [0, 0.1) is 18.6 Å². The number of nitrogens with zero attached hydrogens (tertiary/aromatic N) is 3. The van der Waals surface area contributed by atoms with Crippen molar-refractivity contribution in [1.29, 1.82) is 0 Å². The van der Waals surface area contributed by atoms with Crippen molar-refractivity contribution in [2.45, 2.75) is 30.8 Å². The summed E-state index contributed by atoms with van der Waals surface area (Å²) in [7, 11) is -2.02. The van der Waals surface area contributed by atoms with E-state index in [1.165, 1.54) is 13.4 Å². The second-order valence-electron chi connectivity index (χ2n) is 8.89. The molecule has 1 aliphatic heterocycles. The molecule has 1 N–H and O–H groups in total. The second kappa shape index (κ2) is 10.5. The van der Waals surface area contributed by atoms with Crippen LogP contribution in [0.2, 0.25) is 0 Å².